The lowest BCUT2D eigenvalue weighted by Gasteiger charge is -2.04. The van der Waals surface area contributed by atoms with Gasteiger partial charge in [0.1, 0.15) is 5.75 Å². The van der Waals surface area contributed by atoms with Gasteiger partial charge in [-0.15, -0.1) is 0 Å². The van der Waals surface area contributed by atoms with Gasteiger partial charge in [-0.25, -0.2) is 8.42 Å². The number of methoxy groups -OCH3 is 1. The quantitative estimate of drug-likeness (QED) is 0.545. The predicted molar refractivity (Wildman–Crippen MR) is 50.5 cm³/mol. The molecule has 1 rings (SSSR count). The lowest BCUT2D eigenvalue weighted by molar-refractivity contribution is 0.414. The van der Waals surface area contributed by atoms with E-state index in [4.69, 9.17) is 10.00 Å². The number of hydrogen-bond acceptors (Lipinski definition) is 4. The van der Waals surface area contributed by atoms with Crippen LogP contribution in [0.2, 0.25) is 0 Å². The number of benzene rings is 1. The summed E-state index contributed by atoms with van der Waals surface area (Å²) in [6.45, 7) is 1.62. The third-order valence-corrected chi connectivity index (χ3v) is 3.07. The van der Waals surface area contributed by atoms with Crippen molar-refractivity contribution in [3.8, 4) is 11.2 Å². The van der Waals surface area contributed by atoms with Crippen molar-refractivity contribution >= 4 is 9.84 Å². The molecule has 0 amide bonds. The second-order valence-corrected chi connectivity index (χ2v) is 4.36. The van der Waals surface area contributed by atoms with E-state index in [1.807, 2.05) is 0 Å². The van der Waals surface area contributed by atoms with Gasteiger partial charge < -0.3 is 4.74 Å². The first-order chi connectivity index (χ1) is 6.51. The zero-order valence-electron chi connectivity index (χ0n) is 7.81. The van der Waals surface area contributed by atoms with Gasteiger partial charge in [0.15, 0.2) is 5.40 Å². The Balaban J connectivity index is 3.35. The molecule has 1 aromatic rings. The number of hydrogen-bond donors (Lipinski definition) is 0. The molecule has 0 heterocycles. The van der Waals surface area contributed by atoms with Crippen LogP contribution in [0.4, 0.5) is 0 Å². The fourth-order valence-corrected chi connectivity index (χ4v) is 1.93. The molecule has 0 bridgehead atoms. The summed E-state index contributed by atoms with van der Waals surface area (Å²) in [5.41, 5.74) is 0.505. The van der Waals surface area contributed by atoms with Crippen molar-refractivity contribution in [3.05, 3.63) is 23.8 Å². The van der Waals surface area contributed by atoms with E-state index >= 15 is 0 Å². The molecule has 0 aliphatic carbocycles. The Kier molecular flexibility index (Phi) is 2.77. The van der Waals surface area contributed by atoms with Crippen LogP contribution in [0.25, 0.3) is 0 Å². The Labute approximate surface area is 82.7 Å². The second-order valence-electron chi connectivity index (χ2n) is 2.73. The molecule has 0 aliphatic heterocycles. The summed E-state index contributed by atoms with van der Waals surface area (Å²) in [6, 6.07) is 4.45. The van der Waals surface area contributed by atoms with Crippen LogP contribution in [0.15, 0.2) is 23.1 Å². The molecule has 14 heavy (non-hydrogen) atoms. The van der Waals surface area contributed by atoms with Gasteiger partial charge in [0, 0.05) is 0 Å². The molecule has 0 saturated carbocycles. The van der Waals surface area contributed by atoms with E-state index in [-0.39, 0.29) is 4.90 Å². The van der Waals surface area contributed by atoms with Crippen LogP contribution < -0.4 is 4.74 Å². The van der Waals surface area contributed by atoms with Crippen molar-refractivity contribution in [1.82, 2.24) is 0 Å². The molecular weight excluding hydrogens is 202 g/mol. The van der Waals surface area contributed by atoms with Crippen LogP contribution in [-0.4, -0.2) is 15.5 Å². The van der Waals surface area contributed by atoms with Crippen molar-refractivity contribution in [2.45, 2.75) is 11.8 Å². The Morgan fingerprint density at radius 3 is 2.50 bits per heavy atom. The summed E-state index contributed by atoms with van der Waals surface area (Å²) in [5.74, 6) is 0.569. The molecule has 4 nitrogen and oxygen atoms in total. The molecule has 0 saturated heterocycles. The number of nitrogens with zero attached hydrogens (tertiary/aromatic N) is 1. The maximum atomic E-state index is 11.2. The van der Waals surface area contributed by atoms with Gasteiger partial charge in [-0.05, 0) is 30.7 Å². The molecule has 74 valence electrons. The van der Waals surface area contributed by atoms with Gasteiger partial charge in [-0.1, -0.05) is 0 Å². The topological polar surface area (TPSA) is 67.2 Å². The van der Waals surface area contributed by atoms with Gasteiger partial charge in [-0.2, -0.15) is 5.26 Å². The average molecular weight is 211 g/mol. The first-order valence-corrected chi connectivity index (χ1v) is 5.30. The molecule has 1 aromatic carbocycles. The monoisotopic (exact) mass is 211 g/mol. The minimum Gasteiger partial charge on any atom is -0.497 e. The Bertz CT molecular complexity index is 485. The molecule has 0 atom stereocenters. The SMILES string of the molecule is COc1ccc(S(=O)(=O)C#N)c(C)c1. The van der Waals surface area contributed by atoms with Crippen LogP contribution in [0.1, 0.15) is 5.56 Å². The highest BCUT2D eigenvalue weighted by atomic mass is 32.2. The van der Waals surface area contributed by atoms with E-state index in [9.17, 15) is 8.42 Å². The first kappa shape index (κ1) is 10.5. The minimum atomic E-state index is -3.80. The first-order valence-electron chi connectivity index (χ1n) is 3.82. The zero-order chi connectivity index (χ0) is 10.8. The number of rotatable bonds is 2. The Hall–Kier alpha value is -1.54. The maximum absolute atomic E-state index is 11.2. The summed E-state index contributed by atoms with van der Waals surface area (Å²) < 4.78 is 27.4. The van der Waals surface area contributed by atoms with Crippen LogP contribution in [-0.2, 0) is 9.84 Å². The number of aryl methyl sites for hydroxylation is 1. The van der Waals surface area contributed by atoms with Crippen molar-refractivity contribution < 1.29 is 13.2 Å². The summed E-state index contributed by atoms with van der Waals surface area (Å²) in [4.78, 5) is 0.0285. The standard InChI is InChI=1S/C9H9NO3S/c1-7-5-8(13-2)3-4-9(7)14(11,12)6-10/h3-5H,1-2H3. The highest BCUT2D eigenvalue weighted by Crippen LogP contribution is 2.21. The fourth-order valence-electron chi connectivity index (χ4n) is 1.10. The summed E-state index contributed by atoms with van der Waals surface area (Å²) in [7, 11) is -2.31. The molecule has 5 heteroatoms. The average Bonchev–Trinajstić information content (AvgIpc) is 2.17. The van der Waals surface area contributed by atoms with Gasteiger partial charge >= 0.3 is 0 Å². The predicted octanol–water partition coefficient (Wildman–Crippen LogP) is 1.26. The van der Waals surface area contributed by atoms with Crippen molar-refractivity contribution in [3.63, 3.8) is 0 Å². The van der Waals surface area contributed by atoms with Crippen LogP contribution in [0.3, 0.4) is 0 Å². The van der Waals surface area contributed by atoms with Crippen LogP contribution in [0.5, 0.6) is 5.75 Å². The Morgan fingerprint density at radius 2 is 2.07 bits per heavy atom. The summed E-state index contributed by atoms with van der Waals surface area (Å²) >= 11 is 0. The lowest BCUT2D eigenvalue weighted by atomic mass is 10.2. The molecule has 0 N–H and O–H groups in total. The van der Waals surface area contributed by atoms with E-state index in [2.05, 4.69) is 0 Å². The minimum absolute atomic E-state index is 0.0285. The molecule has 0 fully saturated rings. The third-order valence-electron chi connectivity index (χ3n) is 1.79. The molecule has 0 unspecified atom stereocenters. The van der Waals surface area contributed by atoms with Crippen molar-refractivity contribution in [1.29, 1.82) is 5.26 Å². The molecule has 0 aromatic heterocycles. The molecule has 0 radical (unpaired) electrons. The van der Waals surface area contributed by atoms with Crippen molar-refractivity contribution in [2.24, 2.45) is 0 Å². The van der Waals surface area contributed by atoms with E-state index in [1.165, 1.54) is 24.6 Å². The lowest BCUT2D eigenvalue weighted by Crippen LogP contribution is -1.99. The molecule has 0 aliphatic rings. The largest absolute Gasteiger partial charge is 0.497 e. The van der Waals surface area contributed by atoms with E-state index in [1.54, 1.807) is 13.0 Å². The highest BCUT2D eigenvalue weighted by Gasteiger charge is 2.15. The summed E-state index contributed by atoms with van der Waals surface area (Å²) in [6.07, 6.45) is 0. The van der Waals surface area contributed by atoms with Gasteiger partial charge in [0.25, 0.3) is 9.84 Å². The normalized spacial score (nSPS) is 10.6. The van der Waals surface area contributed by atoms with Crippen molar-refractivity contribution in [2.75, 3.05) is 7.11 Å². The second kappa shape index (κ2) is 3.68. The Morgan fingerprint density at radius 1 is 1.43 bits per heavy atom. The van der Waals surface area contributed by atoms with Gasteiger partial charge in [0.2, 0.25) is 0 Å². The molecule has 0 spiro atoms. The van der Waals surface area contributed by atoms with Crippen LogP contribution in [0, 0.1) is 17.6 Å². The zero-order valence-corrected chi connectivity index (χ0v) is 8.63. The van der Waals surface area contributed by atoms with Crippen LogP contribution >= 0.6 is 0 Å². The smallest absolute Gasteiger partial charge is 0.270 e. The number of thiocyanates is 1. The van der Waals surface area contributed by atoms with E-state index < -0.39 is 9.84 Å². The van der Waals surface area contributed by atoms with E-state index in [0.717, 1.165) is 0 Å². The number of ether oxygens (including phenoxy) is 1. The van der Waals surface area contributed by atoms with Gasteiger partial charge in [0.05, 0.1) is 12.0 Å². The highest BCUT2D eigenvalue weighted by molar-refractivity contribution is 7.96. The third kappa shape index (κ3) is 1.86. The number of sulfone groups is 1. The number of nitriles is 1. The van der Waals surface area contributed by atoms with E-state index in [0.29, 0.717) is 11.3 Å². The maximum Gasteiger partial charge on any atom is 0.270 e. The summed E-state index contributed by atoms with van der Waals surface area (Å²) in [5, 5.41) is 9.70. The molecular formula is C9H9NO3S. The van der Waals surface area contributed by atoms with Gasteiger partial charge in [-0.3, -0.25) is 0 Å². The fraction of sp³-hybridized carbons (Fsp3) is 0.222.